The molecule has 8 aromatic rings. The van der Waals surface area contributed by atoms with Crippen LogP contribution in [0.25, 0.3) is 76.8 Å². The van der Waals surface area contributed by atoms with Crippen molar-refractivity contribution >= 4 is 27.5 Å². The third-order valence-corrected chi connectivity index (χ3v) is 9.11. The monoisotopic (exact) mass is 622 g/mol. The Hall–Kier alpha value is -7.19. The lowest BCUT2D eigenvalue weighted by molar-refractivity contribution is 1.17. The molecule has 0 N–H and O–H groups in total. The highest BCUT2D eigenvalue weighted by atomic mass is 15.0. The maximum atomic E-state index is 11.0. The van der Waals surface area contributed by atoms with Gasteiger partial charge in [0.15, 0.2) is 0 Å². The Morgan fingerprint density at radius 2 is 0.857 bits per heavy atom. The van der Waals surface area contributed by atoms with Crippen molar-refractivity contribution < 1.29 is 0 Å². The van der Waals surface area contributed by atoms with E-state index in [0.717, 1.165) is 55.2 Å². The molecule has 0 aliphatic carbocycles. The Balaban J connectivity index is 1.56. The third-order valence-electron chi connectivity index (χ3n) is 9.11. The van der Waals surface area contributed by atoms with E-state index in [1.54, 1.807) is 0 Å². The van der Waals surface area contributed by atoms with Crippen molar-refractivity contribution in [2.75, 3.05) is 0 Å². The molecule has 0 spiro atoms. The molecule has 49 heavy (non-hydrogen) atoms. The van der Waals surface area contributed by atoms with Gasteiger partial charge in [0.25, 0.3) is 0 Å². The summed E-state index contributed by atoms with van der Waals surface area (Å²) in [6.45, 7) is 8.60. The molecular formula is C45H26N4. The van der Waals surface area contributed by atoms with E-state index in [1.165, 1.54) is 0 Å². The lowest BCUT2D eigenvalue weighted by Crippen LogP contribution is -2.04. The summed E-state index contributed by atoms with van der Waals surface area (Å²) in [4.78, 5) is 4.13. The average Bonchev–Trinajstić information content (AvgIpc) is 3.50. The molecule has 1 aromatic heterocycles. The molecule has 4 heteroatoms. The van der Waals surface area contributed by atoms with Crippen molar-refractivity contribution in [2.45, 2.75) is 0 Å². The maximum Gasteiger partial charge on any atom is 0.220 e. The zero-order valence-electron chi connectivity index (χ0n) is 26.3. The van der Waals surface area contributed by atoms with Gasteiger partial charge in [-0.05, 0) is 57.6 Å². The van der Waals surface area contributed by atoms with Crippen molar-refractivity contribution in [2.24, 2.45) is 0 Å². The van der Waals surface area contributed by atoms with Crippen LogP contribution in [0.5, 0.6) is 0 Å². The van der Waals surface area contributed by atoms with Gasteiger partial charge in [0, 0.05) is 21.9 Å². The van der Waals surface area contributed by atoms with E-state index >= 15 is 0 Å². The summed E-state index contributed by atoms with van der Waals surface area (Å²) in [5.41, 5.74) is 9.89. The maximum absolute atomic E-state index is 11.0. The number of aromatic nitrogens is 1. The van der Waals surface area contributed by atoms with Crippen LogP contribution in [0.1, 0.15) is 11.1 Å². The van der Waals surface area contributed by atoms with E-state index in [2.05, 4.69) is 82.2 Å². The molecule has 0 bridgehead atoms. The molecule has 0 amide bonds. The summed E-state index contributed by atoms with van der Waals surface area (Å²) in [5.74, 6) is 0. The first-order valence-corrected chi connectivity index (χ1v) is 15.9. The van der Waals surface area contributed by atoms with Crippen molar-refractivity contribution in [3.63, 3.8) is 0 Å². The summed E-state index contributed by atoms with van der Waals surface area (Å²) in [6, 6.07) is 57.2. The number of hydrogen-bond acceptors (Lipinski definition) is 2. The molecule has 0 saturated heterocycles. The summed E-state index contributed by atoms with van der Waals surface area (Å²) >= 11 is 0. The Bertz CT molecular complexity index is 2480. The molecule has 0 fully saturated rings. The van der Waals surface area contributed by atoms with E-state index in [4.69, 9.17) is 6.57 Å². The fourth-order valence-electron chi connectivity index (χ4n) is 6.93. The molecule has 0 aliphatic rings. The molecule has 226 valence electrons. The van der Waals surface area contributed by atoms with Gasteiger partial charge >= 0.3 is 0 Å². The SMILES string of the molecule is [C-]#[N+]c1c(-c2ccccc2)c(C#N)c(-c2ccccc2)c(C#N)c1-n1c2ccc(-c3ccccc3)cc2c2cc(-c3ccccc3)ccc21. The highest BCUT2D eigenvalue weighted by Crippen LogP contribution is 2.49. The fraction of sp³-hybridized carbons (Fsp3) is 0. The van der Waals surface area contributed by atoms with Crippen LogP contribution < -0.4 is 0 Å². The van der Waals surface area contributed by atoms with Crippen LogP contribution in [-0.2, 0) is 0 Å². The molecular weight excluding hydrogens is 597 g/mol. The summed E-state index contributed by atoms with van der Waals surface area (Å²) < 4.78 is 2.06. The molecule has 8 rings (SSSR count). The van der Waals surface area contributed by atoms with Crippen molar-refractivity contribution in [1.29, 1.82) is 10.5 Å². The first-order chi connectivity index (χ1) is 24.2. The van der Waals surface area contributed by atoms with Crippen LogP contribution >= 0.6 is 0 Å². The molecule has 1 heterocycles. The topological polar surface area (TPSA) is 56.9 Å². The quantitative estimate of drug-likeness (QED) is 0.179. The lowest BCUT2D eigenvalue weighted by atomic mass is 9.86. The predicted octanol–water partition coefficient (Wildman–Crippen LogP) is 11.7. The van der Waals surface area contributed by atoms with Gasteiger partial charge in [-0.1, -0.05) is 133 Å². The van der Waals surface area contributed by atoms with Crippen LogP contribution in [0.2, 0.25) is 0 Å². The van der Waals surface area contributed by atoms with Crippen LogP contribution in [-0.4, -0.2) is 4.57 Å². The molecule has 0 aliphatic heterocycles. The number of fused-ring (bicyclic) bond motifs is 3. The molecule has 0 atom stereocenters. The highest BCUT2D eigenvalue weighted by molar-refractivity contribution is 6.13. The van der Waals surface area contributed by atoms with Crippen LogP contribution in [0.15, 0.2) is 158 Å². The molecule has 7 aromatic carbocycles. The van der Waals surface area contributed by atoms with Gasteiger partial charge in [0.1, 0.15) is 6.07 Å². The smallest absolute Gasteiger partial charge is 0.220 e. The van der Waals surface area contributed by atoms with Gasteiger partial charge in [-0.3, -0.25) is 0 Å². The summed E-state index contributed by atoms with van der Waals surface area (Å²) in [7, 11) is 0. The molecule has 0 saturated carbocycles. The van der Waals surface area contributed by atoms with E-state index < -0.39 is 0 Å². The Labute approximate surface area is 284 Å². The van der Waals surface area contributed by atoms with Gasteiger partial charge in [0.2, 0.25) is 5.69 Å². The van der Waals surface area contributed by atoms with E-state index in [9.17, 15) is 10.5 Å². The minimum absolute atomic E-state index is 0.261. The van der Waals surface area contributed by atoms with E-state index in [1.807, 2.05) is 97.1 Å². The third kappa shape index (κ3) is 4.83. The number of nitrogens with zero attached hydrogens (tertiary/aromatic N) is 4. The van der Waals surface area contributed by atoms with Gasteiger partial charge in [-0.2, -0.15) is 10.5 Å². The molecule has 0 radical (unpaired) electrons. The van der Waals surface area contributed by atoms with Crippen LogP contribution in [0.3, 0.4) is 0 Å². The molecule has 0 unspecified atom stereocenters. The normalized spacial score (nSPS) is 10.8. The van der Waals surface area contributed by atoms with Gasteiger partial charge < -0.3 is 4.57 Å². The minimum Gasteiger partial charge on any atom is -0.318 e. The summed E-state index contributed by atoms with van der Waals surface area (Å²) in [6.07, 6.45) is 0. The van der Waals surface area contributed by atoms with Crippen molar-refractivity contribution in [3.8, 4) is 62.3 Å². The Kier molecular flexibility index (Phi) is 7.28. The Morgan fingerprint density at radius 3 is 1.27 bits per heavy atom. The second-order valence-corrected chi connectivity index (χ2v) is 11.8. The molecule has 4 nitrogen and oxygen atoms in total. The van der Waals surface area contributed by atoms with Crippen LogP contribution in [0, 0.1) is 29.2 Å². The standard InChI is InChI=1S/C45H26N4/c1-48-44-43(33-20-12-5-13-21-33)38(28-46)42(32-18-10-4-11-19-32)39(29-47)45(44)49-40-24-22-34(30-14-6-2-7-15-30)26-36(40)37-27-35(23-25-41(37)49)31-16-8-3-9-17-31/h2-27H. The first-order valence-electron chi connectivity index (χ1n) is 15.9. The number of nitriles is 2. The van der Waals surface area contributed by atoms with E-state index in [0.29, 0.717) is 22.4 Å². The van der Waals surface area contributed by atoms with Crippen molar-refractivity contribution in [3.05, 3.63) is 180 Å². The first kappa shape index (κ1) is 29.2. The van der Waals surface area contributed by atoms with Gasteiger partial charge in [0.05, 0.1) is 40.5 Å². The second kappa shape index (κ2) is 12.2. The minimum atomic E-state index is 0.261. The highest BCUT2D eigenvalue weighted by Gasteiger charge is 2.29. The lowest BCUT2D eigenvalue weighted by Gasteiger charge is -2.21. The Morgan fingerprint density at radius 1 is 0.449 bits per heavy atom. The van der Waals surface area contributed by atoms with Crippen LogP contribution in [0.4, 0.5) is 5.69 Å². The number of benzene rings is 7. The number of hydrogen-bond donors (Lipinski definition) is 0. The second-order valence-electron chi connectivity index (χ2n) is 11.8. The zero-order chi connectivity index (χ0) is 33.3. The van der Waals surface area contributed by atoms with Gasteiger partial charge in [-0.25, -0.2) is 4.85 Å². The zero-order valence-corrected chi connectivity index (χ0v) is 26.3. The number of rotatable bonds is 5. The predicted molar refractivity (Wildman–Crippen MR) is 198 cm³/mol. The fourth-order valence-corrected chi connectivity index (χ4v) is 6.93. The average molecular weight is 623 g/mol. The van der Waals surface area contributed by atoms with Gasteiger partial charge in [-0.15, -0.1) is 0 Å². The van der Waals surface area contributed by atoms with Crippen molar-refractivity contribution in [1.82, 2.24) is 4.57 Å². The largest absolute Gasteiger partial charge is 0.318 e. The summed E-state index contributed by atoms with van der Waals surface area (Å²) in [5, 5.41) is 23.8. The van der Waals surface area contributed by atoms with E-state index in [-0.39, 0.29) is 11.3 Å².